The summed E-state index contributed by atoms with van der Waals surface area (Å²) < 4.78 is 30.8. The smallest absolute Gasteiger partial charge is 0.339 e. The van der Waals surface area contributed by atoms with Gasteiger partial charge in [-0.05, 0) is 48.5 Å². The van der Waals surface area contributed by atoms with Crippen LogP contribution in [-0.2, 0) is 21.3 Å². The van der Waals surface area contributed by atoms with E-state index in [0.717, 1.165) is 10.6 Å². The minimum atomic E-state index is -3.69. The van der Waals surface area contributed by atoms with E-state index < -0.39 is 21.9 Å². The summed E-state index contributed by atoms with van der Waals surface area (Å²) in [5.41, 5.74) is 1.57. The fourth-order valence-corrected chi connectivity index (χ4v) is 4.47. The lowest BCUT2D eigenvalue weighted by Crippen LogP contribution is -2.29. The molecular weight excluding hydrogens is 487 g/mol. The van der Waals surface area contributed by atoms with Gasteiger partial charge in [0.05, 0.1) is 36.8 Å². The van der Waals surface area contributed by atoms with Crippen molar-refractivity contribution in [3.05, 3.63) is 93.5 Å². The third-order valence-corrected chi connectivity index (χ3v) is 6.61. The Bertz CT molecular complexity index is 1270. The summed E-state index contributed by atoms with van der Waals surface area (Å²) in [6.45, 7) is -0.0740. The minimum absolute atomic E-state index is 0.0740. The van der Waals surface area contributed by atoms with Crippen molar-refractivity contribution < 1.29 is 22.7 Å². The zero-order chi connectivity index (χ0) is 24.2. The molecule has 0 unspecified atom stereocenters. The van der Waals surface area contributed by atoms with E-state index in [1.165, 1.54) is 37.4 Å². The number of nitrogens with one attached hydrogen (secondary N) is 1. The van der Waals surface area contributed by atoms with Crippen LogP contribution in [0.2, 0.25) is 10.0 Å². The number of carbonyl (C=O) groups excluding carboxylic acids is 2. The van der Waals surface area contributed by atoms with E-state index in [1.807, 2.05) is 0 Å². The number of halogens is 2. The summed E-state index contributed by atoms with van der Waals surface area (Å²) in [5.74, 6) is -1.05. The molecule has 0 radical (unpaired) electrons. The van der Waals surface area contributed by atoms with E-state index >= 15 is 0 Å². The van der Waals surface area contributed by atoms with Crippen molar-refractivity contribution in [2.45, 2.75) is 6.54 Å². The molecule has 7 nitrogen and oxygen atoms in total. The van der Waals surface area contributed by atoms with Crippen LogP contribution < -0.4 is 9.62 Å². The van der Waals surface area contributed by atoms with Gasteiger partial charge in [0.1, 0.15) is 0 Å². The fraction of sp³-hybridized carbons (Fsp3) is 0.130. The third kappa shape index (κ3) is 5.84. The molecule has 10 heteroatoms. The Labute approximate surface area is 201 Å². The fourth-order valence-electron chi connectivity index (χ4n) is 3.08. The predicted molar refractivity (Wildman–Crippen MR) is 130 cm³/mol. The molecule has 0 aliphatic carbocycles. The SMILES string of the molecule is COC(=O)c1ccccc1NC(=O)c1ccc(N(Cc2c(Cl)cccc2Cl)S(C)(=O)=O)cc1. The van der Waals surface area contributed by atoms with Gasteiger partial charge in [0.25, 0.3) is 5.91 Å². The number of hydrogen-bond donors (Lipinski definition) is 1. The van der Waals surface area contributed by atoms with Gasteiger partial charge in [-0.1, -0.05) is 41.4 Å². The van der Waals surface area contributed by atoms with Gasteiger partial charge < -0.3 is 10.1 Å². The number of para-hydroxylation sites is 1. The molecule has 0 bridgehead atoms. The number of hydrogen-bond acceptors (Lipinski definition) is 5. The van der Waals surface area contributed by atoms with Gasteiger partial charge >= 0.3 is 5.97 Å². The molecule has 0 atom stereocenters. The number of amides is 1. The first kappa shape index (κ1) is 24.6. The molecule has 0 fully saturated rings. The van der Waals surface area contributed by atoms with Crippen LogP contribution >= 0.6 is 23.2 Å². The molecule has 1 amide bonds. The highest BCUT2D eigenvalue weighted by Gasteiger charge is 2.21. The Morgan fingerprint density at radius 2 is 1.55 bits per heavy atom. The van der Waals surface area contributed by atoms with Crippen molar-refractivity contribution >= 4 is 56.5 Å². The Kier molecular flexibility index (Phi) is 7.63. The third-order valence-electron chi connectivity index (χ3n) is 4.76. The summed E-state index contributed by atoms with van der Waals surface area (Å²) in [5, 5.41) is 3.36. The molecule has 3 aromatic rings. The second-order valence-electron chi connectivity index (χ2n) is 7.01. The topological polar surface area (TPSA) is 92.8 Å². The van der Waals surface area contributed by atoms with E-state index in [4.69, 9.17) is 27.9 Å². The zero-order valence-electron chi connectivity index (χ0n) is 17.7. The molecule has 1 N–H and O–H groups in total. The van der Waals surface area contributed by atoms with Crippen LogP contribution in [0.3, 0.4) is 0 Å². The van der Waals surface area contributed by atoms with Crippen molar-refractivity contribution in [2.24, 2.45) is 0 Å². The lowest BCUT2D eigenvalue weighted by molar-refractivity contribution is 0.0602. The van der Waals surface area contributed by atoms with Gasteiger partial charge in [0.2, 0.25) is 10.0 Å². The maximum Gasteiger partial charge on any atom is 0.339 e. The summed E-state index contributed by atoms with van der Waals surface area (Å²) in [6.07, 6.45) is 1.07. The van der Waals surface area contributed by atoms with Crippen LogP contribution in [-0.4, -0.2) is 33.7 Å². The number of rotatable bonds is 7. The second kappa shape index (κ2) is 10.2. The number of nitrogens with zero attached hydrogens (tertiary/aromatic N) is 1. The highest BCUT2D eigenvalue weighted by atomic mass is 35.5. The maximum absolute atomic E-state index is 12.7. The van der Waals surface area contributed by atoms with E-state index in [0.29, 0.717) is 27.0 Å². The highest BCUT2D eigenvalue weighted by molar-refractivity contribution is 7.92. The predicted octanol–water partition coefficient (Wildman–Crippen LogP) is 5.00. The van der Waals surface area contributed by atoms with E-state index in [9.17, 15) is 18.0 Å². The lowest BCUT2D eigenvalue weighted by atomic mass is 10.1. The Morgan fingerprint density at radius 3 is 2.12 bits per heavy atom. The first-order valence-corrected chi connectivity index (χ1v) is 12.2. The number of carbonyl (C=O) groups is 2. The number of ether oxygens (including phenoxy) is 1. The molecule has 0 aliphatic rings. The van der Waals surface area contributed by atoms with Crippen LogP contribution in [0.5, 0.6) is 0 Å². The van der Waals surface area contributed by atoms with Crippen LogP contribution in [0.4, 0.5) is 11.4 Å². The van der Waals surface area contributed by atoms with E-state index in [1.54, 1.807) is 36.4 Å². The molecule has 172 valence electrons. The maximum atomic E-state index is 12.7. The first-order chi connectivity index (χ1) is 15.6. The molecule has 0 aromatic heterocycles. The Morgan fingerprint density at radius 1 is 0.939 bits per heavy atom. The van der Waals surface area contributed by atoms with Gasteiger partial charge in [-0.15, -0.1) is 0 Å². The van der Waals surface area contributed by atoms with Crippen LogP contribution in [0.1, 0.15) is 26.3 Å². The number of benzene rings is 3. The molecule has 0 aliphatic heterocycles. The summed E-state index contributed by atoms with van der Waals surface area (Å²) >= 11 is 12.4. The molecule has 0 heterocycles. The normalized spacial score (nSPS) is 11.0. The second-order valence-corrected chi connectivity index (χ2v) is 9.73. The van der Waals surface area contributed by atoms with E-state index in [-0.39, 0.29) is 17.7 Å². The highest BCUT2D eigenvalue weighted by Crippen LogP contribution is 2.29. The van der Waals surface area contributed by atoms with Crippen LogP contribution in [0.15, 0.2) is 66.7 Å². The largest absolute Gasteiger partial charge is 0.465 e. The quantitative estimate of drug-likeness (QED) is 0.455. The zero-order valence-corrected chi connectivity index (χ0v) is 20.0. The Balaban J connectivity index is 1.86. The minimum Gasteiger partial charge on any atom is -0.465 e. The van der Waals surface area contributed by atoms with Crippen LogP contribution in [0, 0.1) is 0 Å². The average Bonchev–Trinajstić information content (AvgIpc) is 2.78. The molecule has 0 spiro atoms. The monoisotopic (exact) mass is 506 g/mol. The van der Waals surface area contributed by atoms with Crippen molar-refractivity contribution in [3.8, 4) is 0 Å². The standard InChI is InChI=1S/C23H20Cl2N2O5S/c1-32-23(29)17-6-3-4-9-21(17)26-22(28)15-10-12-16(13-11-15)27(33(2,30)31)14-18-19(24)7-5-8-20(18)25/h3-13H,14H2,1-2H3,(H,26,28). The van der Waals surface area contributed by atoms with Gasteiger partial charge in [-0.25, -0.2) is 13.2 Å². The first-order valence-electron chi connectivity index (χ1n) is 9.61. The molecular formula is C23H20Cl2N2O5S. The molecule has 0 saturated carbocycles. The average molecular weight is 507 g/mol. The lowest BCUT2D eigenvalue weighted by Gasteiger charge is -2.23. The van der Waals surface area contributed by atoms with Gasteiger partial charge in [0.15, 0.2) is 0 Å². The van der Waals surface area contributed by atoms with Crippen LogP contribution in [0.25, 0.3) is 0 Å². The summed E-state index contributed by atoms with van der Waals surface area (Å²) in [4.78, 5) is 24.6. The number of sulfonamides is 1. The molecule has 0 saturated heterocycles. The van der Waals surface area contributed by atoms with Crippen molar-refractivity contribution in [1.82, 2.24) is 0 Å². The summed E-state index contributed by atoms with van der Waals surface area (Å²) in [7, 11) is -2.43. The van der Waals surface area contributed by atoms with Gasteiger partial charge in [-0.2, -0.15) is 0 Å². The van der Waals surface area contributed by atoms with Crippen molar-refractivity contribution in [2.75, 3.05) is 23.0 Å². The van der Waals surface area contributed by atoms with E-state index in [2.05, 4.69) is 5.32 Å². The number of anilines is 2. The Hall–Kier alpha value is -3.07. The van der Waals surface area contributed by atoms with Gasteiger partial charge in [-0.3, -0.25) is 9.10 Å². The van der Waals surface area contributed by atoms with Crippen molar-refractivity contribution in [1.29, 1.82) is 0 Å². The van der Waals surface area contributed by atoms with Gasteiger partial charge in [0, 0.05) is 21.2 Å². The molecule has 33 heavy (non-hydrogen) atoms. The van der Waals surface area contributed by atoms with Crippen molar-refractivity contribution in [3.63, 3.8) is 0 Å². The molecule has 3 aromatic carbocycles. The number of methoxy groups -OCH3 is 1. The summed E-state index contributed by atoms with van der Waals surface area (Å²) in [6, 6.07) is 17.4. The molecule has 3 rings (SSSR count). The number of esters is 1.